The lowest BCUT2D eigenvalue weighted by atomic mass is 10.2. The molecule has 1 N–H and O–H groups in total. The number of hydrogen-bond donors (Lipinski definition) is 1. The first kappa shape index (κ1) is 22.1. The van der Waals surface area contributed by atoms with Gasteiger partial charge in [0, 0.05) is 17.0 Å². The number of nitrogens with one attached hydrogen (secondary N) is 1. The molecule has 0 unspecified atom stereocenters. The molecule has 1 heterocycles. The van der Waals surface area contributed by atoms with E-state index in [0.29, 0.717) is 10.7 Å². The zero-order valence-corrected chi connectivity index (χ0v) is 17.1. The van der Waals surface area contributed by atoms with Gasteiger partial charge in [-0.25, -0.2) is 9.78 Å². The fourth-order valence-electron chi connectivity index (χ4n) is 2.47. The van der Waals surface area contributed by atoms with Crippen LogP contribution in [0.4, 0.5) is 13.9 Å². The van der Waals surface area contributed by atoms with E-state index < -0.39 is 24.6 Å². The molecule has 0 aliphatic rings. The van der Waals surface area contributed by atoms with Crippen molar-refractivity contribution >= 4 is 34.4 Å². The van der Waals surface area contributed by atoms with Crippen LogP contribution in [0.2, 0.25) is 0 Å². The molecular formula is C22H18F2N2O4S. The number of thiazole rings is 1. The fraction of sp³-hybridized carbons (Fsp3) is 0.136. The number of carbonyl (C=O) groups excluding carboxylic acids is 2. The summed E-state index contributed by atoms with van der Waals surface area (Å²) < 4.78 is 33.6. The Kier molecular flexibility index (Phi) is 7.45. The number of halogens is 2. The average molecular weight is 444 g/mol. The minimum Gasteiger partial charge on any atom is -0.449 e. The van der Waals surface area contributed by atoms with Gasteiger partial charge >= 0.3 is 12.6 Å². The highest BCUT2D eigenvalue weighted by atomic mass is 32.1. The van der Waals surface area contributed by atoms with Crippen LogP contribution in [0.3, 0.4) is 0 Å². The van der Waals surface area contributed by atoms with Crippen molar-refractivity contribution in [2.24, 2.45) is 0 Å². The molecule has 9 heteroatoms. The molecule has 0 saturated carbocycles. The lowest BCUT2D eigenvalue weighted by Gasteiger charge is -2.10. The van der Waals surface area contributed by atoms with Crippen LogP contribution >= 0.6 is 11.3 Å². The highest BCUT2D eigenvalue weighted by molar-refractivity contribution is 7.14. The number of aromatic nitrogens is 1. The predicted molar refractivity (Wildman–Crippen MR) is 114 cm³/mol. The van der Waals surface area contributed by atoms with E-state index in [2.05, 4.69) is 15.0 Å². The van der Waals surface area contributed by atoms with Crippen molar-refractivity contribution in [1.29, 1.82) is 0 Å². The molecule has 6 nitrogen and oxygen atoms in total. The first-order valence-corrected chi connectivity index (χ1v) is 10.0. The number of nitrogens with zero attached hydrogens (tertiary/aromatic N) is 1. The molecule has 0 bridgehead atoms. The van der Waals surface area contributed by atoms with Gasteiger partial charge < -0.3 is 9.47 Å². The second-order valence-electron chi connectivity index (χ2n) is 6.25. The van der Waals surface area contributed by atoms with Crippen LogP contribution in [0.15, 0.2) is 66.1 Å². The van der Waals surface area contributed by atoms with Crippen molar-refractivity contribution in [3.05, 3.63) is 71.6 Å². The van der Waals surface area contributed by atoms with Crippen molar-refractivity contribution in [2.45, 2.75) is 19.6 Å². The largest absolute Gasteiger partial charge is 0.449 e. The van der Waals surface area contributed by atoms with Gasteiger partial charge in [-0.2, -0.15) is 8.78 Å². The van der Waals surface area contributed by atoms with E-state index in [0.717, 1.165) is 17.3 Å². The number of alkyl halides is 2. The van der Waals surface area contributed by atoms with Gasteiger partial charge in [-0.05, 0) is 30.7 Å². The number of rotatable bonds is 8. The summed E-state index contributed by atoms with van der Waals surface area (Å²) in [4.78, 5) is 28.6. The standard InChI is InChI=1S/C22H18F2N2O4S/c1-14(20(28)26-22-25-18(13-31-22)16-5-3-2-4-6-16)29-19(27)12-9-15-7-10-17(11-8-15)30-21(23)24/h2-14,21H,1H3,(H,25,26,28)/b12-9+/t14-/m0/s1. The molecule has 160 valence electrons. The summed E-state index contributed by atoms with van der Waals surface area (Å²) in [5.74, 6) is -1.22. The number of amides is 1. The third-order valence-corrected chi connectivity index (χ3v) is 4.74. The molecule has 1 aromatic heterocycles. The fourth-order valence-corrected chi connectivity index (χ4v) is 3.19. The Morgan fingerprint density at radius 3 is 2.48 bits per heavy atom. The molecule has 0 fully saturated rings. The maximum Gasteiger partial charge on any atom is 0.387 e. The minimum atomic E-state index is -2.90. The van der Waals surface area contributed by atoms with Crippen LogP contribution in [0.5, 0.6) is 5.75 Å². The third-order valence-electron chi connectivity index (χ3n) is 3.98. The predicted octanol–water partition coefficient (Wildman–Crippen LogP) is 5.00. The monoisotopic (exact) mass is 444 g/mol. The normalized spacial score (nSPS) is 12.0. The Bertz CT molecular complexity index is 1050. The summed E-state index contributed by atoms with van der Waals surface area (Å²) in [6.07, 6.45) is 1.54. The van der Waals surface area contributed by atoms with Gasteiger partial charge in [-0.1, -0.05) is 42.5 Å². The second kappa shape index (κ2) is 10.4. The topological polar surface area (TPSA) is 77.5 Å². The lowest BCUT2D eigenvalue weighted by Crippen LogP contribution is -2.29. The third kappa shape index (κ3) is 6.71. The van der Waals surface area contributed by atoms with Crippen molar-refractivity contribution in [3.63, 3.8) is 0 Å². The number of carbonyl (C=O) groups is 2. The maximum atomic E-state index is 12.3. The van der Waals surface area contributed by atoms with Gasteiger partial charge in [0.05, 0.1) is 5.69 Å². The van der Waals surface area contributed by atoms with E-state index in [1.165, 1.54) is 48.6 Å². The van der Waals surface area contributed by atoms with Crippen molar-refractivity contribution in [3.8, 4) is 17.0 Å². The Labute approximate surface area is 181 Å². The van der Waals surface area contributed by atoms with E-state index in [-0.39, 0.29) is 5.75 Å². The summed E-state index contributed by atoms with van der Waals surface area (Å²) in [5.41, 5.74) is 2.24. The zero-order chi connectivity index (χ0) is 22.2. The van der Waals surface area contributed by atoms with Crippen LogP contribution in [0, 0.1) is 0 Å². The first-order valence-electron chi connectivity index (χ1n) is 9.16. The van der Waals surface area contributed by atoms with Crippen LogP contribution in [-0.4, -0.2) is 29.6 Å². The Morgan fingerprint density at radius 1 is 1.10 bits per heavy atom. The smallest absolute Gasteiger partial charge is 0.387 e. The molecule has 3 aromatic rings. The van der Waals surface area contributed by atoms with E-state index in [9.17, 15) is 18.4 Å². The van der Waals surface area contributed by atoms with Gasteiger partial charge in [0.25, 0.3) is 5.91 Å². The minimum absolute atomic E-state index is 0.0117. The number of esters is 1. The summed E-state index contributed by atoms with van der Waals surface area (Å²) in [6.45, 7) is -1.46. The Hall–Kier alpha value is -3.59. The number of hydrogen-bond acceptors (Lipinski definition) is 6. The lowest BCUT2D eigenvalue weighted by molar-refractivity contribution is -0.148. The first-order chi connectivity index (χ1) is 14.9. The molecule has 0 saturated heterocycles. The van der Waals surface area contributed by atoms with Gasteiger partial charge in [0.15, 0.2) is 11.2 Å². The van der Waals surface area contributed by atoms with E-state index >= 15 is 0 Å². The zero-order valence-electron chi connectivity index (χ0n) is 16.3. The molecule has 0 aliphatic heterocycles. The van der Waals surface area contributed by atoms with Crippen molar-refractivity contribution < 1.29 is 27.8 Å². The van der Waals surface area contributed by atoms with E-state index in [1.54, 1.807) is 0 Å². The Morgan fingerprint density at radius 2 is 1.81 bits per heavy atom. The van der Waals surface area contributed by atoms with Gasteiger partial charge in [0.2, 0.25) is 0 Å². The van der Waals surface area contributed by atoms with E-state index in [1.807, 2.05) is 35.7 Å². The molecule has 31 heavy (non-hydrogen) atoms. The summed E-state index contributed by atoms with van der Waals surface area (Å²) in [6, 6.07) is 15.2. The van der Waals surface area contributed by atoms with Crippen LogP contribution < -0.4 is 10.1 Å². The highest BCUT2D eigenvalue weighted by Crippen LogP contribution is 2.24. The van der Waals surface area contributed by atoms with Crippen molar-refractivity contribution in [2.75, 3.05) is 5.32 Å². The Balaban J connectivity index is 1.50. The molecule has 0 spiro atoms. The summed E-state index contributed by atoms with van der Waals surface area (Å²) in [5, 5.41) is 4.84. The molecule has 0 radical (unpaired) electrons. The van der Waals surface area contributed by atoms with Gasteiger partial charge in [-0.15, -0.1) is 11.3 Å². The highest BCUT2D eigenvalue weighted by Gasteiger charge is 2.18. The molecule has 1 atom stereocenters. The molecule has 3 rings (SSSR count). The molecular weight excluding hydrogens is 426 g/mol. The van der Waals surface area contributed by atoms with E-state index in [4.69, 9.17) is 4.74 Å². The average Bonchev–Trinajstić information content (AvgIpc) is 3.22. The van der Waals surface area contributed by atoms with Gasteiger partial charge in [-0.3, -0.25) is 10.1 Å². The number of ether oxygens (including phenoxy) is 2. The quantitative estimate of drug-likeness (QED) is 0.391. The molecule has 2 aromatic carbocycles. The van der Waals surface area contributed by atoms with Gasteiger partial charge in [0.1, 0.15) is 5.75 Å². The van der Waals surface area contributed by atoms with Crippen LogP contribution in [0.1, 0.15) is 12.5 Å². The molecule has 1 amide bonds. The second-order valence-corrected chi connectivity index (χ2v) is 7.11. The van der Waals surface area contributed by atoms with Crippen LogP contribution in [0.25, 0.3) is 17.3 Å². The SMILES string of the molecule is C[C@H](OC(=O)/C=C/c1ccc(OC(F)F)cc1)C(=O)Nc1nc(-c2ccccc2)cs1. The maximum absolute atomic E-state index is 12.3. The summed E-state index contributed by atoms with van der Waals surface area (Å²) >= 11 is 1.27. The number of benzene rings is 2. The van der Waals surface area contributed by atoms with Crippen molar-refractivity contribution in [1.82, 2.24) is 4.98 Å². The van der Waals surface area contributed by atoms with Crippen LogP contribution in [-0.2, 0) is 14.3 Å². The number of anilines is 1. The summed E-state index contributed by atoms with van der Waals surface area (Å²) in [7, 11) is 0. The molecule has 0 aliphatic carbocycles.